The average molecular weight is 641 g/mol. The molecule has 0 bridgehead atoms. The first-order valence-corrected chi connectivity index (χ1v) is 15.0. The molecule has 1 aromatic heterocycles. The van der Waals surface area contributed by atoms with E-state index < -0.39 is 17.8 Å². The zero-order chi connectivity index (χ0) is 32.7. The van der Waals surface area contributed by atoms with Crippen LogP contribution < -0.4 is 10.6 Å². The van der Waals surface area contributed by atoms with E-state index in [1.54, 1.807) is 42.5 Å². The van der Waals surface area contributed by atoms with Gasteiger partial charge in [-0.3, -0.25) is 4.79 Å². The zero-order valence-electron chi connectivity index (χ0n) is 25.0. The molecule has 11 heteroatoms. The number of nitrogens with zero attached hydrogens (tertiary/aromatic N) is 4. The van der Waals surface area contributed by atoms with Crippen LogP contribution in [0, 0.1) is 11.3 Å². The number of halogens is 3. The fourth-order valence-corrected chi connectivity index (χ4v) is 5.47. The number of carbonyl (C=O) groups excluding carboxylic acids is 1. The minimum atomic E-state index is -4.53. The van der Waals surface area contributed by atoms with Gasteiger partial charge in [-0.2, -0.15) is 18.4 Å². The Morgan fingerprint density at radius 1 is 1.02 bits per heavy atom. The van der Waals surface area contributed by atoms with E-state index in [4.69, 9.17) is 17.5 Å². The normalized spacial score (nSPS) is 11.9. The highest BCUT2D eigenvalue weighted by Gasteiger charge is 2.33. The predicted molar refractivity (Wildman–Crippen MR) is 176 cm³/mol. The first-order chi connectivity index (χ1) is 22.1. The van der Waals surface area contributed by atoms with E-state index in [1.807, 2.05) is 59.2 Å². The van der Waals surface area contributed by atoms with Crippen molar-refractivity contribution in [3.05, 3.63) is 131 Å². The largest absolute Gasteiger partial charge is 0.416 e. The molecule has 4 aromatic carbocycles. The number of rotatable bonds is 10. The van der Waals surface area contributed by atoms with Crippen molar-refractivity contribution in [1.29, 1.82) is 5.26 Å². The lowest BCUT2D eigenvalue weighted by Crippen LogP contribution is -2.46. The van der Waals surface area contributed by atoms with Crippen LogP contribution in [0.15, 0.2) is 104 Å². The van der Waals surface area contributed by atoms with Gasteiger partial charge < -0.3 is 20.1 Å². The smallest absolute Gasteiger partial charge is 0.352 e. The van der Waals surface area contributed by atoms with Crippen molar-refractivity contribution in [3.8, 4) is 6.07 Å². The number of hydrogen-bond acceptors (Lipinski definition) is 4. The lowest BCUT2D eigenvalue weighted by molar-refractivity contribution is -0.138. The number of hydrogen-bond donors (Lipinski definition) is 2. The molecule has 46 heavy (non-hydrogen) atoms. The Labute approximate surface area is 270 Å². The molecule has 0 spiro atoms. The number of benzene rings is 4. The van der Waals surface area contributed by atoms with Gasteiger partial charge in [0.05, 0.1) is 29.9 Å². The highest BCUT2D eigenvalue weighted by molar-refractivity contribution is 7.80. The van der Waals surface area contributed by atoms with E-state index in [-0.39, 0.29) is 36.1 Å². The summed E-state index contributed by atoms with van der Waals surface area (Å²) in [5, 5.41) is 17.4. The van der Waals surface area contributed by atoms with Crippen LogP contribution in [0.5, 0.6) is 0 Å². The Morgan fingerprint density at radius 2 is 1.74 bits per heavy atom. The lowest BCUT2D eigenvalue weighted by atomic mass is 10.1. The third-order valence-corrected chi connectivity index (χ3v) is 7.81. The highest BCUT2D eigenvalue weighted by Crippen LogP contribution is 2.32. The van der Waals surface area contributed by atoms with Crippen LogP contribution in [-0.4, -0.2) is 38.1 Å². The number of fused-ring (bicyclic) bond motifs is 1. The van der Waals surface area contributed by atoms with Crippen molar-refractivity contribution >= 4 is 39.7 Å². The van der Waals surface area contributed by atoms with Gasteiger partial charge in [-0.1, -0.05) is 60.7 Å². The van der Waals surface area contributed by atoms with Gasteiger partial charge in [-0.15, -0.1) is 0 Å². The third kappa shape index (κ3) is 8.28. The summed E-state index contributed by atoms with van der Waals surface area (Å²) in [6.45, 7) is 2.30. The minimum absolute atomic E-state index is 0.0529. The fourth-order valence-electron chi connectivity index (χ4n) is 5.21. The first-order valence-electron chi connectivity index (χ1n) is 14.6. The van der Waals surface area contributed by atoms with Crippen molar-refractivity contribution in [1.82, 2.24) is 19.8 Å². The molecule has 0 radical (unpaired) electrons. The Balaban J connectivity index is 1.29. The number of imidazole rings is 1. The number of thiocarbonyl (C=S) groups is 1. The van der Waals surface area contributed by atoms with Gasteiger partial charge in [0.25, 0.3) is 0 Å². The van der Waals surface area contributed by atoms with Gasteiger partial charge in [0.1, 0.15) is 0 Å². The summed E-state index contributed by atoms with van der Waals surface area (Å²) in [6, 6.07) is 27.8. The number of carbonyl (C=O) groups is 1. The van der Waals surface area contributed by atoms with Gasteiger partial charge in [0.2, 0.25) is 5.91 Å². The molecule has 0 aliphatic carbocycles. The van der Waals surface area contributed by atoms with E-state index >= 15 is 0 Å². The summed E-state index contributed by atoms with van der Waals surface area (Å²) < 4.78 is 43.5. The molecule has 5 aromatic rings. The number of alkyl halides is 3. The van der Waals surface area contributed by atoms with Crippen LogP contribution in [0.25, 0.3) is 10.8 Å². The van der Waals surface area contributed by atoms with Gasteiger partial charge in [0, 0.05) is 43.3 Å². The van der Waals surface area contributed by atoms with Gasteiger partial charge in [-0.05, 0) is 71.4 Å². The number of aromatic nitrogens is 2. The maximum absolute atomic E-state index is 13.9. The Kier molecular flexibility index (Phi) is 9.98. The number of nitriles is 1. The molecule has 0 aliphatic rings. The Hall–Kier alpha value is -5.21. The molecular weight excluding hydrogens is 609 g/mol. The standard InChI is InChI=1S/C35H31F3N6OS/c1-24(41-33(45)17-31-19-40-23-44(31)21-26-12-10-25(18-39)11-13-26)20-43(22-29-8-4-5-9-32(29)35(36,37)38)34(46)42-30-15-14-27-6-2-3-7-28(27)16-30/h2-16,19,23-24H,17,20-22H2,1H3,(H,41,45)(H,42,46)/t24-/m0/s1. The lowest BCUT2D eigenvalue weighted by Gasteiger charge is -2.30. The van der Waals surface area contributed by atoms with Crippen LogP contribution in [0.3, 0.4) is 0 Å². The molecule has 0 unspecified atom stereocenters. The third-order valence-electron chi connectivity index (χ3n) is 7.45. The van der Waals surface area contributed by atoms with Crippen LogP contribution in [0.1, 0.15) is 34.9 Å². The first kappa shape index (κ1) is 32.2. The average Bonchev–Trinajstić information content (AvgIpc) is 3.46. The monoisotopic (exact) mass is 640 g/mol. The van der Waals surface area contributed by atoms with E-state index in [1.165, 1.54) is 12.1 Å². The summed E-state index contributed by atoms with van der Waals surface area (Å²) in [6.07, 6.45) is -1.22. The van der Waals surface area contributed by atoms with Gasteiger partial charge in [0.15, 0.2) is 5.11 Å². The number of nitrogens with one attached hydrogen (secondary N) is 2. The number of anilines is 1. The van der Waals surface area contributed by atoms with E-state index in [0.717, 1.165) is 22.4 Å². The molecule has 1 heterocycles. The van der Waals surface area contributed by atoms with Crippen molar-refractivity contribution in [2.24, 2.45) is 0 Å². The van der Waals surface area contributed by atoms with Crippen LogP contribution in [0.2, 0.25) is 0 Å². The minimum Gasteiger partial charge on any atom is -0.352 e. The van der Waals surface area contributed by atoms with Crippen molar-refractivity contribution < 1.29 is 18.0 Å². The topological polar surface area (TPSA) is 86.0 Å². The predicted octanol–water partition coefficient (Wildman–Crippen LogP) is 6.92. The molecule has 1 atom stereocenters. The maximum atomic E-state index is 13.9. The summed E-state index contributed by atoms with van der Waals surface area (Å²) in [5.74, 6) is -0.266. The Bertz CT molecular complexity index is 1880. The van der Waals surface area contributed by atoms with Crippen LogP contribution in [-0.2, 0) is 30.5 Å². The van der Waals surface area contributed by atoms with E-state index in [0.29, 0.717) is 23.5 Å². The Morgan fingerprint density at radius 3 is 2.48 bits per heavy atom. The zero-order valence-corrected chi connectivity index (χ0v) is 25.8. The second-order valence-electron chi connectivity index (χ2n) is 11.0. The summed E-state index contributed by atoms with van der Waals surface area (Å²) in [4.78, 5) is 18.9. The van der Waals surface area contributed by atoms with Gasteiger partial charge in [-0.25, -0.2) is 4.98 Å². The summed E-state index contributed by atoms with van der Waals surface area (Å²) in [5.41, 5.74) is 2.24. The maximum Gasteiger partial charge on any atom is 0.416 e. The van der Waals surface area contributed by atoms with Crippen molar-refractivity contribution in [3.63, 3.8) is 0 Å². The van der Waals surface area contributed by atoms with Crippen molar-refractivity contribution in [2.75, 3.05) is 11.9 Å². The SMILES string of the molecule is C[C@@H](CN(Cc1ccccc1C(F)(F)F)C(=S)Nc1ccc2ccccc2c1)NC(=O)Cc1cncn1Cc1ccc(C#N)cc1. The summed E-state index contributed by atoms with van der Waals surface area (Å²) >= 11 is 5.73. The number of amides is 1. The second-order valence-corrected chi connectivity index (χ2v) is 11.4. The van der Waals surface area contributed by atoms with Crippen LogP contribution >= 0.6 is 12.2 Å². The fraction of sp³-hybridized carbons (Fsp3) is 0.200. The molecule has 7 nitrogen and oxygen atoms in total. The molecular formula is C35H31F3N6OS. The molecule has 0 saturated heterocycles. The van der Waals surface area contributed by atoms with Gasteiger partial charge >= 0.3 is 6.18 Å². The summed E-state index contributed by atoms with van der Waals surface area (Å²) in [7, 11) is 0. The molecule has 0 fully saturated rings. The van der Waals surface area contributed by atoms with Crippen LogP contribution in [0.4, 0.5) is 18.9 Å². The molecule has 2 N–H and O–H groups in total. The van der Waals surface area contributed by atoms with E-state index in [2.05, 4.69) is 21.7 Å². The molecule has 0 aliphatic heterocycles. The quantitative estimate of drug-likeness (QED) is 0.161. The van der Waals surface area contributed by atoms with E-state index in [9.17, 15) is 18.0 Å². The highest BCUT2D eigenvalue weighted by atomic mass is 32.1. The van der Waals surface area contributed by atoms with Crippen molar-refractivity contribution in [2.45, 2.75) is 38.7 Å². The second kappa shape index (κ2) is 14.3. The molecule has 1 amide bonds. The molecule has 0 saturated carbocycles. The molecule has 234 valence electrons. The molecule has 5 rings (SSSR count).